The Balaban J connectivity index is 0.000000256. The van der Waals surface area contributed by atoms with Crippen LogP contribution in [0, 0.1) is 54.8 Å². The van der Waals surface area contributed by atoms with Crippen LogP contribution in [0.15, 0.2) is 170 Å². The van der Waals surface area contributed by atoms with Crippen molar-refractivity contribution in [1.29, 1.82) is 0 Å². The minimum absolute atomic E-state index is 0.130. The fraction of sp³-hybridized carbons (Fsp3) is 0.423. The smallest absolute Gasteiger partial charge is 0.504 e. The molecular weight excluding hydrogens is 1460 g/mol. The van der Waals surface area contributed by atoms with Crippen LogP contribution in [0.3, 0.4) is 0 Å². The molecule has 0 aliphatic carbocycles. The van der Waals surface area contributed by atoms with Gasteiger partial charge in [0, 0.05) is 58.9 Å². The van der Waals surface area contributed by atoms with E-state index < -0.39 is 15.6 Å². The van der Waals surface area contributed by atoms with Gasteiger partial charge in [0.25, 0.3) is 0 Å². The quantitative estimate of drug-likeness (QED) is 0.0190. The largest absolute Gasteiger partial charge is 0.534 e. The Morgan fingerprint density at radius 2 is 0.719 bits per heavy atom. The van der Waals surface area contributed by atoms with E-state index >= 15 is 0 Å². The second kappa shape index (κ2) is 54.7. The van der Waals surface area contributed by atoms with E-state index in [9.17, 15) is 26.7 Å². The van der Waals surface area contributed by atoms with Crippen LogP contribution >= 0.6 is 0 Å². The number of ether oxygens (including phenoxy) is 8. The summed E-state index contributed by atoms with van der Waals surface area (Å²) in [4.78, 5) is 0. The topological polar surface area (TPSA) is 158 Å². The number of aryl methyl sites for hydroxylation is 5. The zero-order chi connectivity index (χ0) is 82.6. The molecule has 2 saturated heterocycles. The fourth-order valence-electron chi connectivity index (χ4n) is 11.8. The summed E-state index contributed by atoms with van der Waals surface area (Å²) in [5.74, 6) is 25.6. The molecule has 2 fully saturated rings. The standard InChI is InChI=1S/C26H32O3.C22H26O.C21H24O2.C14H16O3.C13H17F3O3S.CH4O/c1-3-4-5-6-9-21-11-13-22(14-12-21)15-16-23-17-18-24(25(20-23)27-2)29-26-10-7-8-19-28-26;1-4-5-6-7-8-19-11-13-20(14-12-19)15-16-21-10-9-18(2)22(17-21)23-3;1-3-4-5-6-7-17-8-10-18(11-9-17)12-13-19-14-15-20(22)21(16-19)23-2;1-3-11-7-8-12(13(10-11)15-2)17-14-6-4-5-9-16-14;1-2-3-4-5-6-11-7-9-12(10-8-11)19-20(17,18)13(14,15)16;1-2/h11-14,17-18,20,26H,3-10,19H2,1-2H3;9-14,17H,4-8H2,1-3H3;8-11,14-16,22H,3-7H2,1-2H3;1,7-8,10,14H,4-6,9H2,2H3;7-10H,2-6H2,1H3;2H,1H3. The number of hydrogen-bond donors (Lipinski definition) is 2. The van der Waals surface area contributed by atoms with Crippen molar-refractivity contribution in [1.82, 2.24) is 0 Å². The second-order valence-electron chi connectivity index (χ2n) is 27.5. The Hall–Kier alpha value is -9.98. The molecule has 612 valence electrons. The van der Waals surface area contributed by atoms with Crippen LogP contribution in [-0.2, 0) is 45.3 Å². The maximum atomic E-state index is 12.1. The molecular formula is C97H119F3O13S. The van der Waals surface area contributed by atoms with Gasteiger partial charge in [-0.05, 0) is 227 Å². The number of phenols is 1. The van der Waals surface area contributed by atoms with Gasteiger partial charge in [-0.25, -0.2) is 0 Å². The third-order valence-electron chi connectivity index (χ3n) is 18.5. The molecule has 8 aromatic carbocycles. The van der Waals surface area contributed by atoms with Gasteiger partial charge in [-0.3, -0.25) is 0 Å². The number of aliphatic hydroxyl groups is 1. The minimum atomic E-state index is -5.59. The number of rotatable bonds is 30. The van der Waals surface area contributed by atoms with Gasteiger partial charge in [0.15, 0.2) is 47.1 Å². The normalized spacial score (nSPS) is 13.2. The summed E-state index contributed by atoms with van der Waals surface area (Å²) in [5.41, 5.74) is 7.39. The molecule has 2 N–H and O–H groups in total. The molecule has 2 atom stereocenters. The molecule has 2 unspecified atom stereocenters. The summed E-state index contributed by atoms with van der Waals surface area (Å²) in [7, 11) is 1.89. The minimum Gasteiger partial charge on any atom is -0.504 e. The van der Waals surface area contributed by atoms with Gasteiger partial charge in [-0.2, -0.15) is 21.6 Å². The van der Waals surface area contributed by atoms with Crippen LogP contribution in [0.2, 0.25) is 0 Å². The van der Waals surface area contributed by atoms with Crippen LogP contribution < -0.4 is 32.6 Å². The van der Waals surface area contributed by atoms with Crippen LogP contribution in [-0.4, -0.2) is 85.5 Å². The number of halogens is 3. The van der Waals surface area contributed by atoms with E-state index in [2.05, 4.69) is 146 Å². The molecule has 2 heterocycles. The zero-order valence-corrected chi connectivity index (χ0v) is 69.4. The van der Waals surface area contributed by atoms with Gasteiger partial charge >= 0.3 is 15.6 Å². The lowest BCUT2D eigenvalue weighted by molar-refractivity contribution is -0.106. The van der Waals surface area contributed by atoms with Crippen LogP contribution in [0.4, 0.5) is 13.2 Å². The van der Waals surface area contributed by atoms with E-state index in [1.54, 1.807) is 57.7 Å². The van der Waals surface area contributed by atoms with Crippen molar-refractivity contribution in [2.24, 2.45) is 0 Å². The maximum absolute atomic E-state index is 12.1. The molecule has 0 bridgehead atoms. The lowest BCUT2D eigenvalue weighted by atomic mass is 10.0. The lowest BCUT2D eigenvalue weighted by Gasteiger charge is -2.24. The van der Waals surface area contributed by atoms with E-state index in [4.69, 9.17) is 49.4 Å². The molecule has 0 radical (unpaired) electrons. The van der Waals surface area contributed by atoms with Crippen molar-refractivity contribution < 1.29 is 73.9 Å². The van der Waals surface area contributed by atoms with E-state index in [0.717, 1.165) is 160 Å². The molecule has 2 aliphatic heterocycles. The van der Waals surface area contributed by atoms with Gasteiger partial charge in [0.1, 0.15) is 11.5 Å². The van der Waals surface area contributed by atoms with Crippen molar-refractivity contribution in [2.45, 2.75) is 220 Å². The molecule has 13 nitrogen and oxygen atoms in total. The number of terminal acetylenes is 1. The first-order chi connectivity index (χ1) is 55.3. The predicted molar refractivity (Wildman–Crippen MR) is 454 cm³/mol. The number of aliphatic hydroxyl groups excluding tert-OH is 1. The van der Waals surface area contributed by atoms with Crippen molar-refractivity contribution in [3.63, 3.8) is 0 Å². The van der Waals surface area contributed by atoms with Gasteiger partial charge < -0.3 is 52.3 Å². The highest BCUT2D eigenvalue weighted by Crippen LogP contribution is 2.34. The molecule has 17 heteroatoms. The fourth-order valence-corrected chi connectivity index (χ4v) is 12.3. The number of hydrogen-bond acceptors (Lipinski definition) is 13. The zero-order valence-electron chi connectivity index (χ0n) is 68.6. The Bertz CT molecular complexity index is 4270. The van der Waals surface area contributed by atoms with E-state index in [-0.39, 0.29) is 24.1 Å². The predicted octanol–water partition coefficient (Wildman–Crippen LogP) is 22.8. The second-order valence-corrected chi connectivity index (χ2v) is 29.0. The van der Waals surface area contributed by atoms with Crippen LogP contribution in [0.1, 0.15) is 236 Å². The van der Waals surface area contributed by atoms with Gasteiger partial charge in [-0.1, -0.05) is 201 Å². The van der Waals surface area contributed by atoms with Crippen molar-refractivity contribution >= 4 is 10.1 Å². The van der Waals surface area contributed by atoms with E-state index in [1.165, 1.54) is 119 Å². The first kappa shape index (κ1) is 94.6. The van der Waals surface area contributed by atoms with Crippen LogP contribution in [0.5, 0.6) is 46.0 Å². The Labute approximate surface area is 679 Å². The van der Waals surface area contributed by atoms with Crippen molar-refractivity contribution in [3.8, 4) is 93.9 Å². The number of aromatic hydroxyl groups is 1. The van der Waals surface area contributed by atoms with Crippen molar-refractivity contribution in [2.75, 3.05) is 48.8 Å². The van der Waals surface area contributed by atoms with Crippen molar-refractivity contribution in [3.05, 3.63) is 237 Å². The Morgan fingerprint density at radius 3 is 1.06 bits per heavy atom. The summed E-state index contributed by atoms with van der Waals surface area (Å²) < 4.78 is 106. The SMILES string of the molecule is C#Cc1ccc(OC2CCCCO2)c(OC)c1.CCCCCCc1ccc(C#Cc2ccc(C)c(OC)c2)cc1.CCCCCCc1ccc(C#Cc2ccc(O)c(OC)c2)cc1.CCCCCCc1ccc(C#Cc2ccc(OC3CCCCO3)c(OC)c2)cc1.CCCCCCc1ccc(OS(=O)(=O)C(F)(F)F)cc1.CO. The number of methoxy groups -OCH3 is 4. The third-order valence-corrected chi connectivity index (χ3v) is 19.5. The molecule has 0 amide bonds. The number of unbranched alkanes of at least 4 members (excludes halogenated alkanes) is 12. The van der Waals surface area contributed by atoms with Gasteiger partial charge in [0.2, 0.25) is 0 Å². The number of phenolic OH excluding ortho intramolecular Hbond substituents is 1. The first-order valence-corrected chi connectivity index (χ1v) is 41.5. The molecule has 0 saturated carbocycles. The van der Waals surface area contributed by atoms with E-state index in [1.807, 2.05) is 55.5 Å². The Kier molecular flexibility index (Phi) is 45.4. The molecule has 0 spiro atoms. The summed E-state index contributed by atoms with van der Waals surface area (Å²) >= 11 is 0. The van der Waals surface area contributed by atoms with Gasteiger partial charge in [0.05, 0.1) is 41.7 Å². The monoisotopic (exact) mass is 1580 g/mol. The third kappa shape index (κ3) is 36.4. The highest BCUT2D eigenvalue weighted by atomic mass is 32.2. The molecule has 2 aliphatic rings. The number of benzene rings is 8. The summed E-state index contributed by atoms with van der Waals surface area (Å²) in [6.45, 7) is 12.4. The Morgan fingerprint density at radius 1 is 0.404 bits per heavy atom. The summed E-state index contributed by atoms with van der Waals surface area (Å²) in [5, 5.41) is 16.6. The maximum Gasteiger partial charge on any atom is 0.534 e. The average molecular weight is 1580 g/mol. The highest BCUT2D eigenvalue weighted by Gasteiger charge is 2.48. The van der Waals surface area contributed by atoms with Gasteiger partial charge in [-0.15, -0.1) is 6.42 Å². The molecule has 0 aromatic heterocycles. The lowest BCUT2D eigenvalue weighted by Crippen LogP contribution is -2.28. The summed E-state index contributed by atoms with van der Waals surface area (Å²) in [6, 6.07) is 53.8. The molecule has 10 rings (SSSR count). The average Bonchev–Trinajstić information content (AvgIpc) is 0.542. The molecule has 114 heavy (non-hydrogen) atoms. The van der Waals surface area contributed by atoms with Crippen LogP contribution in [0.25, 0.3) is 0 Å². The summed E-state index contributed by atoms with van der Waals surface area (Å²) in [6.07, 6.45) is 35.5. The molecule has 8 aromatic rings. The number of alkyl halides is 3. The first-order valence-electron chi connectivity index (χ1n) is 40.1. The van der Waals surface area contributed by atoms with E-state index in [0.29, 0.717) is 28.7 Å². The highest BCUT2D eigenvalue weighted by molar-refractivity contribution is 7.88.